The number of anilines is 2. The summed E-state index contributed by atoms with van der Waals surface area (Å²) in [5.41, 5.74) is 1.13. The fraction of sp³-hybridized carbons (Fsp3) is 0.167. The average molecular weight is 200 g/mol. The molecule has 15 heavy (non-hydrogen) atoms. The summed E-state index contributed by atoms with van der Waals surface area (Å²) in [5.74, 6) is 1.14. The molecule has 2 aromatic heterocycles. The summed E-state index contributed by atoms with van der Waals surface area (Å²) >= 11 is 0. The quantitative estimate of drug-likeness (QED) is 0.687. The molecule has 76 valence electrons. The van der Waals surface area contributed by atoms with Crippen molar-refractivity contribution in [2.75, 3.05) is 11.9 Å². The van der Waals surface area contributed by atoms with E-state index in [1.807, 2.05) is 44.6 Å². The summed E-state index contributed by atoms with van der Waals surface area (Å²) in [5, 5.41) is 0. The average Bonchev–Trinajstić information content (AvgIpc) is 2.30. The van der Waals surface area contributed by atoms with Crippen LogP contribution in [-0.2, 0) is 7.05 Å². The molecule has 0 unspecified atom stereocenters. The second kappa shape index (κ2) is 4.09. The van der Waals surface area contributed by atoms with Crippen molar-refractivity contribution in [2.24, 2.45) is 7.05 Å². The van der Waals surface area contributed by atoms with Crippen molar-refractivity contribution < 1.29 is 4.57 Å². The van der Waals surface area contributed by atoms with Crippen molar-refractivity contribution in [3.8, 4) is 0 Å². The van der Waals surface area contributed by atoms with Crippen LogP contribution in [0, 0.1) is 0 Å². The fourth-order valence-electron chi connectivity index (χ4n) is 1.56. The molecular formula is C12H14N3+. The summed E-state index contributed by atoms with van der Waals surface area (Å²) in [6.07, 6.45) is 5.64. The maximum Gasteiger partial charge on any atom is 0.281 e. The number of rotatable bonds is 2. The summed E-state index contributed by atoms with van der Waals surface area (Å²) in [4.78, 5) is 6.14. The first-order chi connectivity index (χ1) is 7.29. The molecule has 0 spiro atoms. The first-order valence-electron chi connectivity index (χ1n) is 4.87. The molecule has 2 aromatic rings. The van der Waals surface area contributed by atoms with Crippen molar-refractivity contribution >= 4 is 11.5 Å². The highest BCUT2D eigenvalue weighted by Gasteiger charge is 2.13. The molecule has 0 bridgehead atoms. The van der Waals surface area contributed by atoms with E-state index in [1.54, 1.807) is 12.4 Å². The van der Waals surface area contributed by atoms with Crippen LogP contribution in [-0.4, -0.2) is 12.0 Å². The lowest BCUT2D eigenvalue weighted by Gasteiger charge is -2.12. The molecule has 0 radical (unpaired) electrons. The predicted octanol–water partition coefficient (Wildman–Crippen LogP) is 1.67. The normalized spacial score (nSPS) is 10.0. The molecular weight excluding hydrogens is 186 g/mol. The third-order valence-corrected chi connectivity index (χ3v) is 2.42. The lowest BCUT2D eigenvalue weighted by atomic mass is 10.3. The van der Waals surface area contributed by atoms with Crippen molar-refractivity contribution in [3.63, 3.8) is 0 Å². The Kier molecular flexibility index (Phi) is 2.63. The molecule has 0 aliphatic heterocycles. The summed E-state index contributed by atoms with van der Waals surface area (Å²) in [6.45, 7) is 0. The van der Waals surface area contributed by atoms with Crippen LogP contribution in [0.2, 0.25) is 0 Å². The Bertz CT molecular complexity index is 440. The molecule has 0 fully saturated rings. The summed E-state index contributed by atoms with van der Waals surface area (Å²) in [7, 11) is 4.08. The van der Waals surface area contributed by atoms with E-state index >= 15 is 0 Å². The van der Waals surface area contributed by atoms with Gasteiger partial charge in [0.15, 0.2) is 0 Å². The van der Waals surface area contributed by atoms with Crippen molar-refractivity contribution in [2.45, 2.75) is 0 Å². The molecule has 0 aromatic carbocycles. The van der Waals surface area contributed by atoms with E-state index in [-0.39, 0.29) is 0 Å². The van der Waals surface area contributed by atoms with Crippen LogP contribution in [0.5, 0.6) is 0 Å². The van der Waals surface area contributed by atoms with Crippen molar-refractivity contribution in [1.82, 2.24) is 4.98 Å². The zero-order valence-corrected chi connectivity index (χ0v) is 8.96. The second-order valence-electron chi connectivity index (χ2n) is 3.43. The van der Waals surface area contributed by atoms with Gasteiger partial charge in [0.25, 0.3) is 5.82 Å². The van der Waals surface area contributed by atoms with Gasteiger partial charge in [-0.3, -0.25) is 4.98 Å². The SMILES string of the molecule is CN(c1ccncc1)c1cccc[n+]1C. The van der Waals surface area contributed by atoms with Gasteiger partial charge < -0.3 is 0 Å². The predicted molar refractivity (Wildman–Crippen MR) is 59.9 cm³/mol. The molecule has 0 aliphatic rings. The van der Waals surface area contributed by atoms with E-state index in [0.29, 0.717) is 0 Å². The highest BCUT2D eigenvalue weighted by molar-refractivity contribution is 5.55. The van der Waals surface area contributed by atoms with Gasteiger partial charge in [0.1, 0.15) is 5.69 Å². The third kappa shape index (κ3) is 1.96. The van der Waals surface area contributed by atoms with Gasteiger partial charge in [0.05, 0.1) is 20.3 Å². The van der Waals surface area contributed by atoms with Gasteiger partial charge in [-0.15, -0.1) is 0 Å². The van der Waals surface area contributed by atoms with Crippen LogP contribution in [0.4, 0.5) is 11.5 Å². The molecule has 0 saturated carbocycles. The molecule has 0 atom stereocenters. The lowest BCUT2D eigenvalue weighted by Crippen LogP contribution is -2.34. The molecule has 0 amide bonds. The molecule has 0 N–H and O–H groups in total. The van der Waals surface area contributed by atoms with Crippen molar-refractivity contribution in [3.05, 3.63) is 48.9 Å². The maximum absolute atomic E-state index is 4.01. The zero-order valence-electron chi connectivity index (χ0n) is 8.96. The fourth-order valence-corrected chi connectivity index (χ4v) is 1.56. The van der Waals surface area contributed by atoms with Crippen LogP contribution in [0.25, 0.3) is 0 Å². The van der Waals surface area contributed by atoms with Gasteiger partial charge in [-0.05, 0) is 6.07 Å². The van der Waals surface area contributed by atoms with Gasteiger partial charge in [-0.1, -0.05) is 6.07 Å². The number of hydrogen-bond acceptors (Lipinski definition) is 2. The molecule has 3 heteroatoms. The Morgan fingerprint density at radius 1 is 1.13 bits per heavy atom. The number of nitrogens with zero attached hydrogens (tertiary/aromatic N) is 3. The largest absolute Gasteiger partial charge is 0.281 e. The van der Waals surface area contributed by atoms with Crippen LogP contribution < -0.4 is 9.47 Å². The maximum atomic E-state index is 4.01. The number of pyridine rings is 2. The second-order valence-corrected chi connectivity index (χ2v) is 3.43. The van der Waals surface area contributed by atoms with E-state index < -0.39 is 0 Å². The Labute approximate surface area is 89.6 Å². The molecule has 2 rings (SSSR count). The highest BCUT2D eigenvalue weighted by atomic mass is 15.2. The van der Waals surface area contributed by atoms with Crippen LogP contribution in [0.3, 0.4) is 0 Å². The molecule has 2 heterocycles. The van der Waals surface area contributed by atoms with Gasteiger partial charge >= 0.3 is 0 Å². The van der Waals surface area contributed by atoms with Gasteiger partial charge in [0.2, 0.25) is 0 Å². The minimum Gasteiger partial charge on any atom is -0.264 e. The van der Waals surface area contributed by atoms with Gasteiger partial charge in [-0.2, -0.15) is 0 Å². The van der Waals surface area contributed by atoms with Crippen LogP contribution in [0.15, 0.2) is 48.9 Å². The van der Waals surface area contributed by atoms with Gasteiger partial charge in [0, 0.05) is 30.6 Å². The van der Waals surface area contributed by atoms with E-state index in [0.717, 1.165) is 11.5 Å². The molecule has 0 saturated heterocycles. The number of aryl methyl sites for hydroxylation is 1. The Morgan fingerprint density at radius 2 is 1.87 bits per heavy atom. The monoisotopic (exact) mass is 200 g/mol. The smallest absolute Gasteiger partial charge is 0.264 e. The van der Waals surface area contributed by atoms with E-state index in [1.165, 1.54) is 0 Å². The molecule has 0 aliphatic carbocycles. The summed E-state index contributed by atoms with van der Waals surface area (Å²) in [6, 6.07) is 10.1. The minimum atomic E-state index is 1.13. The van der Waals surface area contributed by atoms with E-state index in [9.17, 15) is 0 Å². The van der Waals surface area contributed by atoms with E-state index in [2.05, 4.69) is 20.5 Å². The van der Waals surface area contributed by atoms with Gasteiger partial charge in [-0.25, -0.2) is 9.47 Å². The van der Waals surface area contributed by atoms with Crippen LogP contribution >= 0.6 is 0 Å². The Balaban J connectivity index is 2.37. The first-order valence-corrected chi connectivity index (χ1v) is 4.87. The molecule has 3 nitrogen and oxygen atoms in total. The Hall–Kier alpha value is -1.90. The first kappa shape index (κ1) is 9.65. The number of hydrogen-bond donors (Lipinski definition) is 0. The number of aromatic nitrogens is 2. The zero-order chi connectivity index (χ0) is 10.7. The lowest BCUT2D eigenvalue weighted by molar-refractivity contribution is -0.658. The highest BCUT2D eigenvalue weighted by Crippen LogP contribution is 2.18. The minimum absolute atomic E-state index is 1.13. The third-order valence-electron chi connectivity index (χ3n) is 2.42. The Morgan fingerprint density at radius 3 is 2.53 bits per heavy atom. The van der Waals surface area contributed by atoms with E-state index in [4.69, 9.17) is 0 Å². The van der Waals surface area contributed by atoms with Crippen molar-refractivity contribution in [1.29, 1.82) is 0 Å². The summed E-state index contributed by atoms with van der Waals surface area (Å²) < 4.78 is 2.08. The van der Waals surface area contributed by atoms with Crippen LogP contribution in [0.1, 0.15) is 0 Å². The standard InChI is InChI=1S/C12H14N3/c1-14-10-4-3-5-12(14)15(2)11-6-8-13-9-7-11/h3-10H,1-2H3/q+1. The topological polar surface area (TPSA) is 20.0 Å².